The van der Waals surface area contributed by atoms with Crippen LogP contribution < -0.4 is 10.1 Å². The number of hydrogen-bond donors (Lipinski definition) is 1. The van der Waals surface area contributed by atoms with Gasteiger partial charge in [-0.25, -0.2) is 4.68 Å². The van der Waals surface area contributed by atoms with Gasteiger partial charge in [0.25, 0.3) is 5.69 Å². The van der Waals surface area contributed by atoms with Crippen LogP contribution >= 0.6 is 0 Å². The van der Waals surface area contributed by atoms with Crippen molar-refractivity contribution >= 4 is 5.69 Å². The molecule has 0 atom stereocenters. The number of ether oxygens (including phenoxy) is 1. The Labute approximate surface area is 122 Å². The van der Waals surface area contributed by atoms with Gasteiger partial charge in [-0.2, -0.15) is 5.10 Å². The van der Waals surface area contributed by atoms with E-state index in [0.29, 0.717) is 18.0 Å². The number of nitrogens with one attached hydrogen (secondary N) is 1. The topological polar surface area (TPSA) is 82.2 Å². The molecule has 0 aliphatic heterocycles. The summed E-state index contributed by atoms with van der Waals surface area (Å²) in [5, 5.41) is 18.5. The van der Waals surface area contributed by atoms with Crippen LogP contribution in [0.4, 0.5) is 5.69 Å². The maximum Gasteiger partial charge on any atom is 0.273 e. The second-order valence-electron chi connectivity index (χ2n) is 4.54. The molecule has 2 aromatic rings. The van der Waals surface area contributed by atoms with Crippen LogP contribution in [0.15, 0.2) is 30.5 Å². The van der Waals surface area contributed by atoms with E-state index in [2.05, 4.69) is 17.3 Å². The van der Waals surface area contributed by atoms with Crippen LogP contribution in [0.5, 0.6) is 5.75 Å². The lowest BCUT2D eigenvalue weighted by molar-refractivity contribution is -0.384. The Morgan fingerprint density at radius 3 is 2.90 bits per heavy atom. The van der Waals surface area contributed by atoms with Crippen LogP contribution in [0, 0.1) is 10.1 Å². The predicted octanol–water partition coefficient (Wildman–Crippen LogP) is 2.29. The van der Waals surface area contributed by atoms with Gasteiger partial charge in [-0.1, -0.05) is 6.92 Å². The molecule has 1 aromatic carbocycles. The number of benzene rings is 1. The first kappa shape index (κ1) is 15.0. The van der Waals surface area contributed by atoms with Gasteiger partial charge >= 0.3 is 0 Å². The SMILES string of the molecule is CCCNCc1ccn(-c2ccc([N+](=O)[O-])cc2OC)n1. The third kappa shape index (κ3) is 3.57. The van der Waals surface area contributed by atoms with Gasteiger partial charge in [-0.3, -0.25) is 10.1 Å². The highest BCUT2D eigenvalue weighted by atomic mass is 16.6. The highest BCUT2D eigenvalue weighted by molar-refractivity contribution is 5.52. The van der Waals surface area contributed by atoms with Crippen LogP contribution in [-0.4, -0.2) is 28.4 Å². The van der Waals surface area contributed by atoms with Crippen molar-refractivity contribution < 1.29 is 9.66 Å². The lowest BCUT2D eigenvalue weighted by atomic mass is 10.2. The van der Waals surface area contributed by atoms with Crippen molar-refractivity contribution in [3.8, 4) is 11.4 Å². The summed E-state index contributed by atoms with van der Waals surface area (Å²) in [7, 11) is 1.48. The van der Waals surface area contributed by atoms with Crippen molar-refractivity contribution in [3.05, 3.63) is 46.3 Å². The molecule has 0 saturated heterocycles. The lowest BCUT2D eigenvalue weighted by Gasteiger charge is -2.08. The highest BCUT2D eigenvalue weighted by Crippen LogP contribution is 2.27. The largest absolute Gasteiger partial charge is 0.494 e. The van der Waals surface area contributed by atoms with E-state index in [0.717, 1.165) is 18.7 Å². The van der Waals surface area contributed by atoms with E-state index in [9.17, 15) is 10.1 Å². The van der Waals surface area contributed by atoms with Gasteiger partial charge in [-0.15, -0.1) is 0 Å². The Morgan fingerprint density at radius 2 is 2.24 bits per heavy atom. The quantitative estimate of drug-likeness (QED) is 0.480. The normalized spacial score (nSPS) is 10.6. The fourth-order valence-electron chi connectivity index (χ4n) is 1.95. The summed E-state index contributed by atoms with van der Waals surface area (Å²) in [6.45, 7) is 3.73. The molecule has 0 bridgehead atoms. The van der Waals surface area contributed by atoms with E-state index in [1.807, 2.05) is 12.3 Å². The first-order valence-electron chi connectivity index (χ1n) is 6.73. The molecule has 2 rings (SSSR count). The predicted molar refractivity (Wildman–Crippen MR) is 78.8 cm³/mol. The van der Waals surface area contributed by atoms with Crippen molar-refractivity contribution in [1.82, 2.24) is 15.1 Å². The van der Waals surface area contributed by atoms with Gasteiger partial charge < -0.3 is 10.1 Å². The lowest BCUT2D eigenvalue weighted by Crippen LogP contribution is -2.14. The summed E-state index contributed by atoms with van der Waals surface area (Å²) in [6, 6.07) is 6.37. The van der Waals surface area contributed by atoms with Gasteiger partial charge in [0.1, 0.15) is 5.69 Å². The molecule has 7 heteroatoms. The average Bonchev–Trinajstić information content (AvgIpc) is 2.95. The number of hydrogen-bond acceptors (Lipinski definition) is 5. The number of methoxy groups -OCH3 is 1. The third-order valence-corrected chi connectivity index (χ3v) is 3.00. The molecule has 1 heterocycles. The minimum atomic E-state index is -0.449. The van der Waals surface area contributed by atoms with Crippen molar-refractivity contribution in [1.29, 1.82) is 0 Å². The molecule has 0 aliphatic rings. The van der Waals surface area contributed by atoms with Crippen LogP contribution in [0.2, 0.25) is 0 Å². The minimum absolute atomic E-state index is 0.00686. The van der Waals surface area contributed by atoms with Gasteiger partial charge in [0, 0.05) is 18.8 Å². The van der Waals surface area contributed by atoms with E-state index < -0.39 is 4.92 Å². The number of nitrogens with zero attached hydrogens (tertiary/aromatic N) is 3. The first-order valence-corrected chi connectivity index (χ1v) is 6.73. The van der Waals surface area contributed by atoms with Crippen molar-refractivity contribution in [2.24, 2.45) is 0 Å². The van der Waals surface area contributed by atoms with Crippen molar-refractivity contribution in [3.63, 3.8) is 0 Å². The molecule has 1 aromatic heterocycles. The average molecular weight is 290 g/mol. The molecule has 0 saturated carbocycles. The minimum Gasteiger partial charge on any atom is -0.494 e. The summed E-state index contributed by atoms with van der Waals surface area (Å²) in [4.78, 5) is 10.3. The van der Waals surface area contributed by atoms with E-state index in [4.69, 9.17) is 4.74 Å². The highest BCUT2D eigenvalue weighted by Gasteiger charge is 2.13. The maximum absolute atomic E-state index is 10.8. The fraction of sp³-hybridized carbons (Fsp3) is 0.357. The third-order valence-electron chi connectivity index (χ3n) is 3.00. The van der Waals surface area contributed by atoms with E-state index >= 15 is 0 Å². The summed E-state index contributed by atoms with van der Waals surface area (Å²) in [5.74, 6) is 0.417. The maximum atomic E-state index is 10.8. The Balaban J connectivity index is 2.23. The molecule has 0 unspecified atom stereocenters. The van der Waals surface area contributed by atoms with Crippen LogP contribution in [0.3, 0.4) is 0 Å². The number of non-ortho nitro benzene ring substituents is 1. The zero-order chi connectivity index (χ0) is 15.2. The van der Waals surface area contributed by atoms with E-state index in [1.54, 1.807) is 10.7 Å². The number of rotatable bonds is 7. The Morgan fingerprint density at radius 1 is 1.43 bits per heavy atom. The van der Waals surface area contributed by atoms with Gasteiger partial charge in [0.2, 0.25) is 0 Å². The first-order chi connectivity index (χ1) is 10.2. The molecule has 21 heavy (non-hydrogen) atoms. The number of aromatic nitrogens is 2. The molecule has 112 valence electrons. The number of nitro benzene ring substituents is 1. The molecule has 0 amide bonds. The fourth-order valence-corrected chi connectivity index (χ4v) is 1.95. The second-order valence-corrected chi connectivity index (χ2v) is 4.54. The summed E-state index contributed by atoms with van der Waals surface area (Å²) in [6.07, 6.45) is 2.88. The Kier molecular flexibility index (Phi) is 4.89. The molecular weight excluding hydrogens is 272 g/mol. The molecule has 0 radical (unpaired) electrons. The van der Waals surface area contributed by atoms with Gasteiger partial charge in [0.15, 0.2) is 5.75 Å². The number of nitro groups is 1. The zero-order valence-corrected chi connectivity index (χ0v) is 12.1. The molecule has 0 fully saturated rings. The Bertz CT molecular complexity index is 624. The molecule has 1 N–H and O–H groups in total. The van der Waals surface area contributed by atoms with E-state index in [1.165, 1.54) is 19.2 Å². The standard InChI is InChI=1S/C14H18N4O3/c1-3-7-15-10-11-6-8-17(16-11)13-5-4-12(18(19)20)9-14(13)21-2/h4-6,8-9,15H,3,7,10H2,1-2H3. The van der Waals surface area contributed by atoms with Crippen LogP contribution in [0.1, 0.15) is 19.0 Å². The van der Waals surface area contributed by atoms with Crippen molar-refractivity contribution in [2.45, 2.75) is 19.9 Å². The van der Waals surface area contributed by atoms with E-state index in [-0.39, 0.29) is 5.69 Å². The molecule has 7 nitrogen and oxygen atoms in total. The second kappa shape index (κ2) is 6.85. The summed E-state index contributed by atoms with van der Waals surface area (Å²) < 4.78 is 6.88. The van der Waals surface area contributed by atoms with Gasteiger partial charge in [0.05, 0.1) is 23.8 Å². The molecular formula is C14H18N4O3. The molecule has 0 spiro atoms. The summed E-state index contributed by atoms with van der Waals surface area (Å²) >= 11 is 0. The zero-order valence-electron chi connectivity index (χ0n) is 12.1. The Hall–Kier alpha value is -2.41. The van der Waals surface area contributed by atoms with Crippen LogP contribution in [-0.2, 0) is 6.54 Å². The summed E-state index contributed by atoms with van der Waals surface area (Å²) in [5.41, 5.74) is 1.57. The monoisotopic (exact) mass is 290 g/mol. The smallest absolute Gasteiger partial charge is 0.273 e. The van der Waals surface area contributed by atoms with Crippen LogP contribution in [0.25, 0.3) is 5.69 Å². The van der Waals surface area contributed by atoms with Gasteiger partial charge in [-0.05, 0) is 25.1 Å². The van der Waals surface area contributed by atoms with Crippen molar-refractivity contribution in [2.75, 3.05) is 13.7 Å². The molecule has 0 aliphatic carbocycles.